The highest BCUT2D eigenvalue weighted by Crippen LogP contribution is 2.40. The first kappa shape index (κ1) is 22.8. The number of likely N-dealkylation sites (tertiary alicyclic amines) is 1. The van der Waals surface area contributed by atoms with Crippen molar-refractivity contribution in [3.63, 3.8) is 0 Å². The van der Waals surface area contributed by atoms with Gasteiger partial charge in [0.25, 0.3) is 0 Å². The molecule has 1 N–H and O–H groups in total. The minimum absolute atomic E-state index is 0.111. The van der Waals surface area contributed by atoms with Crippen LogP contribution in [0.4, 0.5) is 26.3 Å². The van der Waals surface area contributed by atoms with Gasteiger partial charge in [0, 0.05) is 18.0 Å². The van der Waals surface area contributed by atoms with Gasteiger partial charge in [-0.15, -0.1) is 0 Å². The Labute approximate surface area is 170 Å². The fourth-order valence-corrected chi connectivity index (χ4v) is 4.17. The molecule has 1 aliphatic rings. The molecule has 0 bridgehead atoms. The van der Waals surface area contributed by atoms with E-state index in [-0.39, 0.29) is 16.9 Å². The molecule has 2 atom stereocenters. The SMILES string of the molecule is CC(C)CN1CCCC[C@H]1[C@H](O)c1cc(C(F)(F)F)nc2c(C(F)(F)F)cccc12. The molecule has 3 nitrogen and oxygen atoms in total. The van der Waals surface area contributed by atoms with Crippen molar-refractivity contribution in [1.29, 1.82) is 0 Å². The third-order valence-corrected chi connectivity index (χ3v) is 5.41. The Kier molecular flexibility index (Phi) is 6.34. The van der Waals surface area contributed by atoms with E-state index in [2.05, 4.69) is 4.98 Å². The molecule has 1 aromatic heterocycles. The molecular formula is C21H24F6N2O. The van der Waals surface area contributed by atoms with Gasteiger partial charge >= 0.3 is 12.4 Å². The predicted octanol–water partition coefficient (Wildman–Crippen LogP) is 5.82. The summed E-state index contributed by atoms with van der Waals surface area (Å²) in [6.45, 7) is 5.32. The molecule has 0 spiro atoms. The third kappa shape index (κ3) is 4.72. The summed E-state index contributed by atoms with van der Waals surface area (Å²) in [6, 6.07) is 3.34. The van der Waals surface area contributed by atoms with Crippen LogP contribution in [-0.4, -0.2) is 34.1 Å². The van der Waals surface area contributed by atoms with E-state index in [0.717, 1.165) is 18.9 Å². The van der Waals surface area contributed by atoms with Crippen molar-refractivity contribution in [2.75, 3.05) is 13.1 Å². The fraction of sp³-hybridized carbons (Fsp3) is 0.571. The van der Waals surface area contributed by atoms with Gasteiger partial charge in [0.05, 0.1) is 17.2 Å². The Morgan fingerprint density at radius 1 is 1.10 bits per heavy atom. The maximum atomic E-state index is 13.4. The van der Waals surface area contributed by atoms with Gasteiger partial charge in [0.1, 0.15) is 5.69 Å². The highest BCUT2D eigenvalue weighted by molar-refractivity contribution is 5.86. The number of para-hydroxylation sites is 1. The Balaban J connectivity index is 2.18. The summed E-state index contributed by atoms with van der Waals surface area (Å²) in [7, 11) is 0. The quantitative estimate of drug-likeness (QED) is 0.617. The van der Waals surface area contributed by atoms with E-state index < -0.39 is 41.3 Å². The lowest BCUT2D eigenvalue weighted by molar-refractivity contribution is -0.142. The molecule has 2 heterocycles. The van der Waals surface area contributed by atoms with Crippen molar-refractivity contribution in [2.45, 2.75) is 57.6 Å². The lowest BCUT2D eigenvalue weighted by Gasteiger charge is -2.39. The molecule has 3 rings (SSSR count). The van der Waals surface area contributed by atoms with Crippen LogP contribution in [-0.2, 0) is 12.4 Å². The summed E-state index contributed by atoms with van der Waals surface area (Å²) in [5.41, 5.74) is -3.65. The molecule has 166 valence electrons. The van der Waals surface area contributed by atoms with Crippen molar-refractivity contribution in [3.8, 4) is 0 Å². The van der Waals surface area contributed by atoms with Gasteiger partial charge in [-0.3, -0.25) is 4.90 Å². The van der Waals surface area contributed by atoms with Crippen LogP contribution in [0, 0.1) is 5.92 Å². The molecule has 1 aromatic carbocycles. The van der Waals surface area contributed by atoms with Crippen molar-refractivity contribution < 1.29 is 31.4 Å². The molecule has 0 amide bonds. The van der Waals surface area contributed by atoms with Crippen LogP contribution in [0.1, 0.15) is 56.0 Å². The van der Waals surface area contributed by atoms with Crippen LogP contribution in [0.25, 0.3) is 10.9 Å². The molecule has 30 heavy (non-hydrogen) atoms. The summed E-state index contributed by atoms with van der Waals surface area (Å²) in [5.74, 6) is 0.273. The Hall–Kier alpha value is -1.87. The number of aliphatic hydroxyl groups is 1. The first-order valence-electron chi connectivity index (χ1n) is 9.89. The molecule has 0 aliphatic carbocycles. The zero-order valence-electron chi connectivity index (χ0n) is 16.7. The number of rotatable bonds is 4. The number of hydrogen-bond donors (Lipinski definition) is 1. The van der Waals surface area contributed by atoms with Crippen LogP contribution in [0.3, 0.4) is 0 Å². The molecule has 2 aromatic rings. The van der Waals surface area contributed by atoms with E-state index in [0.29, 0.717) is 31.6 Å². The van der Waals surface area contributed by atoms with E-state index in [1.807, 2.05) is 18.7 Å². The number of aromatic nitrogens is 1. The second kappa shape index (κ2) is 8.34. The molecule has 0 saturated carbocycles. The minimum atomic E-state index is -4.94. The van der Waals surface area contributed by atoms with E-state index in [1.54, 1.807) is 0 Å². The molecule has 1 aliphatic heterocycles. The highest BCUT2D eigenvalue weighted by Gasteiger charge is 2.39. The number of fused-ring (bicyclic) bond motifs is 1. The Morgan fingerprint density at radius 2 is 1.80 bits per heavy atom. The lowest BCUT2D eigenvalue weighted by atomic mass is 9.89. The van der Waals surface area contributed by atoms with Crippen molar-refractivity contribution in [2.24, 2.45) is 5.92 Å². The third-order valence-electron chi connectivity index (χ3n) is 5.41. The lowest BCUT2D eigenvalue weighted by Crippen LogP contribution is -2.45. The van der Waals surface area contributed by atoms with Crippen LogP contribution >= 0.6 is 0 Å². The number of halogens is 6. The second-order valence-electron chi connectivity index (χ2n) is 8.19. The number of hydrogen-bond acceptors (Lipinski definition) is 3. The minimum Gasteiger partial charge on any atom is -0.387 e. The van der Waals surface area contributed by atoms with Gasteiger partial charge in [0.2, 0.25) is 0 Å². The molecule has 1 saturated heterocycles. The average Bonchev–Trinajstić information content (AvgIpc) is 2.64. The van der Waals surface area contributed by atoms with Gasteiger partial charge in [0.15, 0.2) is 0 Å². The summed E-state index contributed by atoms with van der Waals surface area (Å²) in [4.78, 5) is 5.32. The average molecular weight is 434 g/mol. The normalized spacial score (nSPS) is 20.1. The number of alkyl halides is 6. The summed E-state index contributed by atoms with van der Waals surface area (Å²) in [6.07, 6.45) is -8.92. The zero-order chi connectivity index (χ0) is 22.3. The van der Waals surface area contributed by atoms with Gasteiger partial charge < -0.3 is 5.11 Å². The first-order chi connectivity index (χ1) is 13.9. The molecule has 0 unspecified atom stereocenters. The number of nitrogens with zero attached hydrogens (tertiary/aromatic N) is 2. The Morgan fingerprint density at radius 3 is 2.40 bits per heavy atom. The van der Waals surface area contributed by atoms with Gasteiger partial charge in [-0.2, -0.15) is 26.3 Å². The summed E-state index contributed by atoms with van der Waals surface area (Å²) < 4.78 is 80.7. The van der Waals surface area contributed by atoms with Crippen molar-refractivity contribution in [3.05, 3.63) is 41.1 Å². The number of aliphatic hydroxyl groups excluding tert-OH is 1. The molecular weight excluding hydrogens is 410 g/mol. The van der Waals surface area contributed by atoms with Gasteiger partial charge in [-0.25, -0.2) is 4.98 Å². The number of pyridine rings is 1. The van der Waals surface area contributed by atoms with Crippen LogP contribution in [0.5, 0.6) is 0 Å². The molecule has 0 radical (unpaired) electrons. The predicted molar refractivity (Wildman–Crippen MR) is 101 cm³/mol. The molecule has 1 fully saturated rings. The van der Waals surface area contributed by atoms with E-state index >= 15 is 0 Å². The second-order valence-corrected chi connectivity index (χ2v) is 8.19. The highest BCUT2D eigenvalue weighted by atomic mass is 19.4. The monoisotopic (exact) mass is 434 g/mol. The van der Waals surface area contributed by atoms with Crippen LogP contribution < -0.4 is 0 Å². The van der Waals surface area contributed by atoms with Gasteiger partial charge in [-0.05, 0) is 43.0 Å². The smallest absolute Gasteiger partial charge is 0.387 e. The number of piperidine rings is 1. The van der Waals surface area contributed by atoms with Crippen LogP contribution in [0.15, 0.2) is 24.3 Å². The zero-order valence-corrected chi connectivity index (χ0v) is 16.7. The first-order valence-corrected chi connectivity index (χ1v) is 9.89. The summed E-state index contributed by atoms with van der Waals surface area (Å²) in [5, 5.41) is 11.0. The standard InChI is InChI=1S/C21H24F6N2O/c1-12(2)11-29-9-4-3-8-16(29)19(30)14-10-17(21(25,26)27)28-18-13(14)6-5-7-15(18)20(22,23)24/h5-7,10,12,16,19,30H,3-4,8-9,11H2,1-2H3/t16-,19+/m0/s1. The van der Waals surface area contributed by atoms with E-state index in [9.17, 15) is 31.4 Å². The Bertz CT molecular complexity index is 893. The maximum absolute atomic E-state index is 13.4. The maximum Gasteiger partial charge on any atom is 0.433 e. The van der Waals surface area contributed by atoms with Gasteiger partial charge in [-0.1, -0.05) is 32.4 Å². The number of benzene rings is 1. The van der Waals surface area contributed by atoms with Crippen LogP contribution in [0.2, 0.25) is 0 Å². The largest absolute Gasteiger partial charge is 0.433 e. The van der Waals surface area contributed by atoms with Crippen molar-refractivity contribution in [1.82, 2.24) is 9.88 Å². The topological polar surface area (TPSA) is 36.4 Å². The van der Waals surface area contributed by atoms with Crippen molar-refractivity contribution >= 4 is 10.9 Å². The van der Waals surface area contributed by atoms with E-state index in [4.69, 9.17) is 0 Å². The van der Waals surface area contributed by atoms with E-state index in [1.165, 1.54) is 6.07 Å². The molecule has 9 heteroatoms. The summed E-state index contributed by atoms with van der Waals surface area (Å²) >= 11 is 0. The fourth-order valence-electron chi connectivity index (χ4n) is 4.17.